The highest BCUT2D eigenvalue weighted by atomic mass is 15.3. The molecule has 4 heteroatoms. The minimum atomic E-state index is 0.858. The second-order valence-electron chi connectivity index (χ2n) is 3.24. The van der Waals surface area contributed by atoms with Crippen LogP contribution in [-0.4, -0.2) is 29.4 Å². The maximum atomic E-state index is 4.34. The van der Waals surface area contributed by atoms with Gasteiger partial charge in [0.15, 0.2) is 5.82 Å². The number of rotatable bonds is 1. The van der Waals surface area contributed by atoms with Gasteiger partial charge < -0.3 is 10.2 Å². The first-order valence-electron chi connectivity index (χ1n) is 4.43. The van der Waals surface area contributed by atoms with Crippen LogP contribution >= 0.6 is 0 Å². The molecule has 1 saturated heterocycles. The van der Waals surface area contributed by atoms with Crippen molar-refractivity contribution in [3.63, 3.8) is 0 Å². The standard InChI is InChI=1S/C9H14N4/c1-8-7-10-4-6-13(8)9-3-5-12(2)11-9/h3,5,10H,1,4,6-7H2,2H3. The first-order chi connectivity index (χ1) is 6.27. The van der Waals surface area contributed by atoms with Crippen LogP contribution in [0.3, 0.4) is 0 Å². The second-order valence-corrected chi connectivity index (χ2v) is 3.24. The molecule has 2 heterocycles. The maximum absolute atomic E-state index is 4.34. The van der Waals surface area contributed by atoms with E-state index in [9.17, 15) is 0 Å². The van der Waals surface area contributed by atoms with Gasteiger partial charge in [-0.2, -0.15) is 5.10 Å². The van der Waals surface area contributed by atoms with E-state index in [0.29, 0.717) is 0 Å². The molecule has 0 saturated carbocycles. The molecule has 13 heavy (non-hydrogen) atoms. The van der Waals surface area contributed by atoms with Gasteiger partial charge in [0.1, 0.15) is 0 Å². The summed E-state index contributed by atoms with van der Waals surface area (Å²) in [5, 5.41) is 7.60. The van der Waals surface area contributed by atoms with Crippen LogP contribution in [0.1, 0.15) is 0 Å². The number of nitrogens with one attached hydrogen (secondary N) is 1. The van der Waals surface area contributed by atoms with Gasteiger partial charge in [-0.15, -0.1) is 0 Å². The summed E-state index contributed by atoms with van der Waals surface area (Å²) in [6.45, 7) is 6.80. The smallest absolute Gasteiger partial charge is 0.154 e. The summed E-state index contributed by atoms with van der Waals surface area (Å²) in [4.78, 5) is 2.15. The quantitative estimate of drug-likeness (QED) is 0.673. The van der Waals surface area contributed by atoms with Crippen molar-refractivity contribution in [2.75, 3.05) is 24.5 Å². The van der Waals surface area contributed by atoms with Crippen molar-refractivity contribution in [3.05, 3.63) is 24.5 Å². The number of aromatic nitrogens is 2. The van der Waals surface area contributed by atoms with Gasteiger partial charge in [-0.05, 0) is 0 Å². The molecule has 1 aliphatic rings. The van der Waals surface area contributed by atoms with Crippen LogP contribution in [-0.2, 0) is 7.05 Å². The highest BCUT2D eigenvalue weighted by molar-refractivity contribution is 5.45. The van der Waals surface area contributed by atoms with E-state index in [1.54, 1.807) is 0 Å². The predicted octanol–water partition coefficient (Wildman–Crippen LogP) is 0.343. The molecule has 1 aromatic heterocycles. The molecule has 0 bridgehead atoms. The lowest BCUT2D eigenvalue weighted by molar-refractivity contribution is 0.637. The molecule has 70 valence electrons. The largest absolute Gasteiger partial charge is 0.327 e. The zero-order chi connectivity index (χ0) is 9.26. The monoisotopic (exact) mass is 178 g/mol. The average molecular weight is 178 g/mol. The van der Waals surface area contributed by atoms with Crippen LogP contribution in [0.2, 0.25) is 0 Å². The van der Waals surface area contributed by atoms with Crippen LogP contribution in [0.5, 0.6) is 0 Å². The third kappa shape index (κ3) is 1.58. The van der Waals surface area contributed by atoms with E-state index in [4.69, 9.17) is 0 Å². The molecule has 0 aromatic carbocycles. The molecule has 0 spiro atoms. The van der Waals surface area contributed by atoms with Gasteiger partial charge in [-0.1, -0.05) is 6.58 Å². The molecular weight excluding hydrogens is 164 g/mol. The van der Waals surface area contributed by atoms with Gasteiger partial charge in [-0.3, -0.25) is 4.68 Å². The number of aryl methyl sites for hydroxylation is 1. The maximum Gasteiger partial charge on any atom is 0.154 e. The Labute approximate surface area is 77.8 Å². The van der Waals surface area contributed by atoms with E-state index in [-0.39, 0.29) is 0 Å². The van der Waals surface area contributed by atoms with Crippen molar-refractivity contribution in [2.45, 2.75) is 0 Å². The second kappa shape index (κ2) is 3.22. The molecule has 0 atom stereocenters. The highest BCUT2D eigenvalue weighted by Crippen LogP contribution is 2.15. The summed E-state index contributed by atoms with van der Waals surface area (Å²) >= 11 is 0. The summed E-state index contributed by atoms with van der Waals surface area (Å²) in [5.74, 6) is 0.994. The molecule has 1 fully saturated rings. The minimum absolute atomic E-state index is 0.858. The Balaban J connectivity index is 2.19. The molecule has 0 amide bonds. The summed E-state index contributed by atoms with van der Waals surface area (Å²) in [6.07, 6.45) is 1.95. The Bertz CT molecular complexity index is 315. The molecular formula is C9H14N4. The number of anilines is 1. The Kier molecular flexibility index (Phi) is 2.06. The van der Waals surface area contributed by atoms with E-state index in [1.165, 1.54) is 0 Å². The van der Waals surface area contributed by atoms with E-state index in [1.807, 2.05) is 24.0 Å². The first-order valence-corrected chi connectivity index (χ1v) is 4.43. The normalized spacial score (nSPS) is 17.9. The lowest BCUT2D eigenvalue weighted by Crippen LogP contribution is -2.41. The molecule has 0 unspecified atom stereocenters. The number of nitrogens with zero attached hydrogens (tertiary/aromatic N) is 3. The van der Waals surface area contributed by atoms with Crippen molar-refractivity contribution in [2.24, 2.45) is 7.05 Å². The number of hydrogen-bond donors (Lipinski definition) is 1. The Morgan fingerprint density at radius 1 is 1.62 bits per heavy atom. The van der Waals surface area contributed by atoms with Gasteiger partial charge in [0.05, 0.1) is 0 Å². The Morgan fingerprint density at radius 2 is 2.46 bits per heavy atom. The van der Waals surface area contributed by atoms with Crippen molar-refractivity contribution in [1.82, 2.24) is 15.1 Å². The lowest BCUT2D eigenvalue weighted by Gasteiger charge is -2.29. The van der Waals surface area contributed by atoms with E-state index < -0.39 is 0 Å². The Hall–Kier alpha value is -1.29. The molecule has 0 radical (unpaired) electrons. The van der Waals surface area contributed by atoms with Crippen LogP contribution in [0.4, 0.5) is 5.82 Å². The molecule has 4 nitrogen and oxygen atoms in total. The third-order valence-corrected chi connectivity index (χ3v) is 2.20. The van der Waals surface area contributed by atoms with Crippen molar-refractivity contribution in [1.29, 1.82) is 0 Å². The average Bonchev–Trinajstić information content (AvgIpc) is 2.53. The molecule has 2 rings (SSSR count). The van der Waals surface area contributed by atoms with Gasteiger partial charge >= 0.3 is 0 Å². The van der Waals surface area contributed by atoms with Crippen molar-refractivity contribution in [3.8, 4) is 0 Å². The fourth-order valence-electron chi connectivity index (χ4n) is 1.50. The minimum Gasteiger partial charge on any atom is -0.327 e. The van der Waals surface area contributed by atoms with E-state index in [0.717, 1.165) is 31.1 Å². The fourth-order valence-corrected chi connectivity index (χ4v) is 1.50. The van der Waals surface area contributed by atoms with Gasteiger partial charge in [0.2, 0.25) is 0 Å². The van der Waals surface area contributed by atoms with Gasteiger partial charge in [-0.25, -0.2) is 0 Å². The molecule has 0 aliphatic carbocycles. The topological polar surface area (TPSA) is 33.1 Å². The SMILES string of the molecule is C=C1CNCCN1c1ccn(C)n1. The summed E-state index contributed by atoms with van der Waals surface area (Å²) in [7, 11) is 1.93. The Morgan fingerprint density at radius 3 is 3.08 bits per heavy atom. The van der Waals surface area contributed by atoms with Crippen molar-refractivity contribution >= 4 is 5.82 Å². The predicted molar refractivity (Wildman–Crippen MR) is 52.6 cm³/mol. The summed E-state index contributed by atoms with van der Waals surface area (Å²) in [5.41, 5.74) is 1.09. The molecule has 1 N–H and O–H groups in total. The lowest BCUT2D eigenvalue weighted by atomic mass is 10.3. The first kappa shape index (κ1) is 8.31. The highest BCUT2D eigenvalue weighted by Gasteiger charge is 2.15. The third-order valence-electron chi connectivity index (χ3n) is 2.20. The van der Waals surface area contributed by atoms with Crippen LogP contribution in [0, 0.1) is 0 Å². The fraction of sp³-hybridized carbons (Fsp3) is 0.444. The van der Waals surface area contributed by atoms with E-state index >= 15 is 0 Å². The van der Waals surface area contributed by atoms with Gasteiger partial charge in [0.25, 0.3) is 0 Å². The zero-order valence-corrected chi connectivity index (χ0v) is 7.82. The summed E-state index contributed by atoms with van der Waals surface area (Å²) in [6, 6.07) is 2.01. The summed E-state index contributed by atoms with van der Waals surface area (Å²) < 4.78 is 1.81. The van der Waals surface area contributed by atoms with Crippen LogP contribution < -0.4 is 10.2 Å². The van der Waals surface area contributed by atoms with Crippen LogP contribution in [0.15, 0.2) is 24.5 Å². The zero-order valence-electron chi connectivity index (χ0n) is 7.82. The van der Waals surface area contributed by atoms with Gasteiger partial charge in [0, 0.05) is 44.6 Å². The van der Waals surface area contributed by atoms with E-state index in [2.05, 4.69) is 21.9 Å². The van der Waals surface area contributed by atoms with Crippen LogP contribution in [0.25, 0.3) is 0 Å². The molecule has 1 aromatic rings. The number of hydrogen-bond acceptors (Lipinski definition) is 3. The number of piperazine rings is 1. The molecule has 1 aliphatic heterocycles. The van der Waals surface area contributed by atoms with Crippen molar-refractivity contribution < 1.29 is 0 Å².